The first kappa shape index (κ1) is 13.2. The monoisotopic (exact) mass is 242 g/mol. The molecule has 1 rings (SSSR count). The van der Waals surface area contributed by atoms with Crippen LogP contribution in [0.3, 0.4) is 0 Å². The summed E-state index contributed by atoms with van der Waals surface area (Å²) in [7, 11) is 0. The number of carbonyl (C=O) groups excluding carboxylic acids is 1. The van der Waals surface area contributed by atoms with Gasteiger partial charge in [0.1, 0.15) is 11.6 Å². The third kappa shape index (κ3) is 3.60. The van der Waals surface area contributed by atoms with Crippen LogP contribution in [0.5, 0.6) is 0 Å². The fourth-order valence-corrected chi connectivity index (χ4v) is 1.83. The molecule has 0 bridgehead atoms. The van der Waals surface area contributed by atoms with Crippen molar-refractivity contribution in [2.75, 3.05) is 0 Å². The number of hydrogen-bond donors (Lipinski definition) is 0. The highest BCUT2D eigenvalue weighted by molar-refractivity contribution is 6.30. The minimum absolute atomic E-state index is 0.0108. The molecule has 0 fully saturated rings. The number of benzene rings is 1. The van der Waals surface area contributed by atoms with E-state index in [1.165, 1.54) is 18.2 Å². The molecule has 0 spiro atoms. The van der Waals surface area contributed by atoms with E-state index >= 15 is 0 Å². The highest BCUT2D eigenvalue weighted by Gasteiger charge is 2.14. The molecule has 0 N–H and O–H groups in total. The number of hydrogen-bond acceptors (Lipinski definition) is 1. The van der Waals surface area contributed by atoms with Crippen LogP contribution in [-0.4, -0.2) is 5.78 Å². The van der Waals surface area contributed by atoms with Gasteiger partial charge in [-0.15, -0.1) is 0 Å². The summed E-state index contributed by atoms with van der Waals surface area (Å²) in [6, 6.07) is 4.31. The minimum atomic E-state index is -0.360. The molecule has 0 heterocycles. The Morgan fingerprint density at radius 2 is 2.19 bits per heavy atom. The summed E-state index contributed by atoms with van der Waals surface area (Å²) in [5, 5.41) is 0.465. The number of ketones is 1. The lowest BCUT2D eigenvalue weighted by Gasteiger charge is -2.09. The standard InChI is InChI=1S/C13H16ClFO/c1-3-4-9(2)13(16)8-10-7-11(14)5-6-12(10)15/h5-7,9H,3-4,8H2,1-2H3. The van der Waals surface area contributed by atoms with Crippen molar-refractivity contribution in [1.29, 1.82) is 0 Å². The van der Waals surface area contributed by atoms with Crippen LogP contribution < -0.4 is 0 Å². The van der Waals surface area contributed by atoms with E-state index < -0.39 is 0 Å². The number of carbonyl (C=O) groups is 1. The maximum absolute atomic E-state index is 13.4. The summed E-state index contributed by atoms with van der Waals surface area (Å²) in [5.41, 5.74) is 0.389. The molecule has 1 atom stereocenters. The molecular weight excluding hydrogens is 227 g/mol. The van der Waals surface area contributed by atoms with E-state index in [1.807, 2.05) is 13.8 Å². The van der Waals surface area contributed by atoms with Gasteiger partial charge in [0.2, 0.25) is 0 Å². The molecule has 0 radical (unpaired) electrons. The lowest BCUT2D eigenvalue weighted by Crippen LogP contribution is -2.14. The Kier molecular flexibility index (Phi) is 4.94. The normalized spacial score (nSPS) is 12.5. The zero-order valence-corrected chi connectivity index (χ0v) is 10.4. The lowest BCUT2D eigenvalue weighted by molar-refractivity contribution is -0.121. The second-order valence-corrected chi connectivity index (χ2v) is 4.50. The van der Waals surface area contributed by atoms with E-state index in [2.05, 4.69) is 0 Å². The van der Waals surface area contributed by atoms with Crippen molar-refractivity contribution in [2.24, 2.45) is 5.92 Å². The second-order valence-electron chi connectivity index (χ2n) is 4.07. The van der Waals surface area contributed by atoms with Gasteiger partial charge in [-0.2, -0.15) is 0 Å². The molecule has 0 saturated carbocycles. The Bertz CT molecular complexity index is 376. The predicted octanol–water partition coefficient (Wildman–Crippen LogP) is 4.03. The van der Waals surface area contributed by atoms with Crippen molar-refractivity contribution in [1.82, 2.24) is 0 Å². The number of rotatable bonds is 5. The molecule has 88 valence electrons. The van der Waals surface area contributed by atoms with Gasteiger partial charge in [-0.3, -0.25) is 4.79 Å². The second kappa shape index (κ2) is 6.00. The Morgan fingerprint density at radius 3 is 2.81 bits per heavy atom. The van der Waals surface area contributed by atoms with Gasteiger partial charge in [0.15, 0.2) is 0 Å². The van der Waals surface area contributed by atoms with E-state index in [4.69, 9.17) is 11.6 Å². The molecule has 1 aromatic carbocycles. The summed E-state index contributed by atoms with van der Waals surface area (Å²) in [5.74, 6) is -0.298. The maximum atomic E-state index is 13.4. The fourth-order valence-electron chi connectivity index (χ4n) is 1.63. The smallest absolute Gasteiger partial charge is 0.140 e. The number of Topliss-reactive ketones (excluding diaryl/α,β-unsaturated/α-hetero) is 1. The van der Waals surface area contributed by atoms with Crippen molar-refractivity contribution in [3.05, 3.63) is 34.6 Å². The van der Waals surface area contributed by atoms with Gasteiger partial charge in [0, 0.05) is 17.4 Å². The van der Waals surface area contributed by atoms with Gasteiger partial charge in [-0.1, -0.05) is 31.9 Å². The molecule has 16 heavy (non-hydrogen) atoms. The zero-order chi connectivity index (χ0) is 12.1. The van der Waals surface area contributed by atoms with Crippen molar-refractivity contribution in [3.63, 3.8) is 0 Å². The minimum Gasteiger partial charge on any atom is -0.299 e. The maximum Gasteiger partial charge on any atom is 0.140 e. The van der Waals surface area contributed by atoms with Gasteiger partial charge in [0.05, 0.1) is 0 Å². The van der Waals surface area contributed by atoms with Crippen LogP contribution in [0, 0.1) is 11.7 Å². The first-order valence-electron chi connectivity index (χ1n) is 5.51. The SMILES string of the molecule is CCCC(C)C(=O)Cc1cc(Cl)ccc1F. The molecule has 3 heteroatoms. The fraction of sp³-hybridized carbons (Fsp3) is 0.462. The summed E-state index contributed by atoms with van der Waals surface area (Å²) >= 11 is 5.76. The summed E-state index contributed by atoms with van der Waals surface area (Å²) in [6.45, 7) is 3.91. The summed E-state index contributed by atoms with van der Waals surface area (Å²) in [6.07, 6.45) is 1.94. The molecule has 1 nitrogen and oxygen atoms in total. The van der Waals surface area contributed by atoms with E-state index in [0.717, 1.165) is 12.8 Å². The Balaban J connectivity index is 2.72. The molecular formula is C13H16ClFO. The topological polar surface area (TPSA) is 17.1 Å². The molecule has 0 saturated heterocycles. The predicted molar refractivity (Wildman–Crippen MR) is 64.2 cm³/mol. The average Bonchev–Trinajstić information content (AvgIpc) is 2.23. The van der Waals surface area contributed by atoms with Crippen molar-refractivity contribution < 1.29 is 9.18 Å². The Morgan fingerprint density at radius 1 is 1.50 bits per heavy atom. The van der Waals surface area contributed by atoms with Crippen LogP contribution in [-0.2, 0) is 11.2 Å². The van der Waals surface area contributed by atoms with E-state index in [0.29, 0.717) is 10.6 Å². The zero-order valence-electron chi connectivity index (χ0n) is 9.59. The highest BCUT2D eigenvalue weighted by atomic mass is 35.5. The molecule has 0 aromatic heterocycles. The molecule has 1 aromatic rings. The van der Waals surface area contributed by atoms with Crippen LogP contribution in [0.1, 0.15) is 32.3 Å². The molecule has 0 amide bonds. The van der Waals surface area contributed by atoms with Gasteiger partial charge in [0.25, 0.3) is 0 Å². The summed E-state index contributed by atoms with van der Waals surface area (Å²) < 4.78 is 13.4. The van der Waals surface area contributed by atoms with Crippen LogP contribution in [0.15, 0.2) is 18.2 Å². The quantitative estimate of drug-likeness (QED) is 0.762. The summed E-state index contributed by atoms with van der Waals surface area (Å²) in [4.78, 5) is 11.8. The van der Waals surface area contributed by atoms with Crippen molar-refractivity contribution in [3.8, 4) is 0 Å². The van der Waals surface area contributed by atoms with Crippen molar-refractivity contribution in [2.45, 2.75) is 33.1 Å². The average molecular weight is 243 g/mol. The molecule has 0 aliphatic carbocycles. The van der Waals surface area contributed by atoms with Crippen LogP contribution in [0.2, 0.25) is 5.02 Å². The first-order valence-corrected chi connectivity index (χ1v) is 5.89. The van der Waals surface area contributed by atoms with Crippen molar-refractivity contribution >= 4 is 17.4 Å². The van der Waals surface area contributed by atoms with Gasteiger partial charge >= 0.3 is 0 Å². The molecule has 0 aliphatic heterocycles. The van der Waals surface area contributed by atoms with Crippen LogP contribution >= 0.6 is 11.6 Å². The third-order valence-corrected chi connectivity index (χ3v) is 2.88. The lowest BCUT2D eigenvalue weighted by atomic mass is 9.95. The van der Waals surface area contributed by atoms with Gasteiger partial charge in [-0.05, 0) is 30.2 Å². The third-order valence-electron chi connectivity index (χ3n) is 2.64. The Labute approximate surface area is 101 Å². The number of halogens is 2. The van der Waals surface area contributed by atoms with Crippen LogP contribution in [0.25, 0.3) is 0 Å². The van der Waals surface area contributed by atoms with E-state index in [9.17, 15) is 9.18 Å². The molecule has 1 unspecified atom stereocenters. The Hall–Kier alpha value is -0.890. The van der Waals surface area contributed by atoms with E-state index in [-0.39, 0.29) is 23.9 Å². The highest BCUT2D eigenvalue weighted by Crippen LogP contribution is 2.18. The van der Waals surface area contributed by atoms with Gasteiger partial charge in [-0.25, -0.2) is 4.39 Å². The molecule has 0 aliphatic rings. The van der Waals surface area contributed by atoms with Gasteiger partial charge < -0.3 is 0 Å². The van der Waals surface area contributed by atoms with Crippen LogP contribution in [0.4, 0.5) is 4.39 Å². The van der Waals surface area contributed by atoms with E-state index in [1.54, 1.807) is 0 Å². The first-order chi connectivity index (χ1) is 7.54. The largest absolute Gasteiger partial charge is 0.299 e.